The topological polar surface area (TPSA) is 96.9 Å². The molecule has 2 aromatic heterocycles. The molecule has 1 aliphatic carbocycles. The average Bonchev–Trinajstić information content (AvgIpc) is 3.65. The second kappa shape index (κ2) is 8.96. The first-order chi connectivity index (χ1) is 16.1. The number of fused-ring (bicyclic) bond motifs is 1. The molecule has 5 rings (SSSR count). The van der Waals surface area contributed by atoms with E-state index in [1.165, 1.54) is 0 Å². The molecule has 33 heavy (non-hydrogen) atoms. The van der Waals surface area contributed by atoms with Gasteiger partial charge in [-0.3, -0.25) is 24.5 Å². The lowest BCUT2D eigenvalue weighted by atomic mass is 10.0. The number of anilines is 1. The highest BCUT2D eigenvalue weighted by atomic mass is 35.5. The van der Waals surface area contributed by atoms with Gasteiger partial charge in [0.1, 0.15) is 0 Å². The van der Waals surface area contributed by atoms with Gasteiger partial charge in [-0.25, -0.2) is 0 Å². The Labute approximate surface area is 195 Å². The lowest BCUT2D eigenvalue weighted by molar-refractivity contribution is -0.117. The molecule has 4 aromatic rings. The zero-order chi connectivity index (χ0) is 22.8. The molecule has 2 amide bonds. The molecular formula is C25H20ClN5O2. The number of pyridine rings is 1. The van der Waals surface area contributed by atoms with Crippen LogP contribution in [-0.2, 0) is 11.3 Å². The number of rotatable bonds is 6. The third-order valence-corrected chi connectivity index (χ3v) is 6.03. The standard InChI is InChI=1S/C25H20ClN5O2/c26-23-14-28-11-17-4-5-18(9-21(17)23)31-25(33)22-10-20(22)15-2-1-3-16(8-15)24(32)30-13-19-12-27-6-7-29-19/h1-9,11-12,14,20,22H,10,13H2,(H,30,32)(H,31,33)/t20-,22+/m0/s1. The van der Waals surface area contributed by atoms with Crippen LogP contribution >= 0.6 is 11.6 Å². The maximum atomic E-state index is 12.8. The molecule has 0 radical (unpaired) electrons. The van der Waals surface area contributed by atoms with E-state index in [9.17, 15) is 9.59 Å². The molecule has 1 saturated carbocycles. The third kappa shape index (κ3) is 4.68. The molecule has 2 atom stereocenters. The fraction of sp³-hybridized carbons (Fsp3) is 0.160. The second-order valence-electron chi connectivity index (χ2n) is 8.00. The molecule has 2 heterocycles. The Kier molecular flexibility index (Phi) is 5.71. The number of carbonyl (C=O) groups is 2. The largest absolute Gasteiger partial charge is 0.346 e. The number of aromatic nitrogens is 3. The van der Waals surface area contributed by atoms with Crippen molar-refractivity contribution >= 4 is 39.9 Å². The van der Waals surface area contributed by atoms with Gasteiger partial charge in [0.05, 0.1) is 23.5 Å². The summed E-state index contributed by atoms with van der Waals surface area (Å²) in [6.07, 6.45) is 8.86. The van der Waals surface area contributed by atoms with Crippen LogP contribution in [0, 0.1) is 5.92 Å². The summed E-state index contributed by atoms with van der Waals surface area (Å²) in [6.45, 7) is 0.303. The Hall–Kier alpha value is -3.84. The van der Waals surface area contributed by atoms with Crippen molar-refractivity contribution in [3.8, 4) is 0 Å². The molecule has 7 nitrogen and oxygen atoms in total. The predicted octanol–water partition coefficient (Wildman–Crippen LogP) is 4.35. The van der Waals surface area contributed by atoms with Gasteiger partial charge in [0.25, 0.3) is 5.91 Å². The molecule has 8 heteroatoms. The second-order valence-corrected chi connectivity index (χ2v) is 8.41. The minimum absolute atomic E-state index is 0.0398. The third-order valence-electron chi connectivity index (χ3n) is 5.73. The van der Waals surface area contributed by atoms with E-state index < -0.39 is 0 Å². The summed E-state index contributed by atoms with van der Waals surface area (Å²) in [5.74, 6) is -0.272. The number of halogens is 1. The molecule has 0 spiro atoms. The van der Waals surface area contributed by atoms with Crippen LogP contribution in [0.4, 0.5) is 5.69 Å². The number of benzene rings is 2. The molecule has 2 N–H and O–H groups in total. The van der Waals surface area contributed by atoms with E-state index in [4.69, 9.17) is 11.6 Å². The Morgan fingerprint density at radius 2 is 1.94 bits per heavy atom. The van der Waals surface area contributed by atoms with Crippen LogP contribution < -0.4 is 10.6 Å². The van der Waals surface area contributed by atoms with E-state index in [1.807, 2.05) is 36.4 Å². The zero-order valence-electron chi connectivity index (χ0n) is 17.5. The van der Waals surface area contributed by atoms with Gasteiger partial charge in [-0.2, -0.15) is 0 Å². The molecule has 0 bridgehead atoms. The monoisotopic (exact) mass is 457 g/mol. The van der Waals surface area contributed by atoms with Crippen LogP contribution in [0.5, 0.6) is 0 Å². The Bertz CT molecular complexity index is 1350. The quantitative estimate of drug-likeness (QED) is 0.448. The van der Waals surface area contributed by atoms with Crippen LogP contribution in [0.2, 0.25) is 5.02 Å². The summed E-state index contributed by atoms with van der Waals surface area (Å²) >= 11 is 6.23. The molecule has 1 fully saturated rings. The summed E-state index contributed by atoms with van der Waals surface area (Å²) in [4.78, 5) is 37.6. The van der Waals surface area contributed by atoms with E-state index in [2.05, 4.69) is 25.6 Å². The van der Waals surface area contributed by atoms with Gasteiger partial charge in [-0.15, -0.1) is 0 Å². The van der Waals surface area contributed by atoms with E-state index in [-0.39, 0.29) is 23.7 Å². The molecule has 0 unspecified atom stereocenters. The van der Waals surface area contributed by atoms with Crippen molar-refractivity contribution < 1.29 is 9.59 Å². The highest BCUT2D eigenvalue weighted by molar-refractivity contribution is 6.35. The maximum absolute atomic E-state index is 12.8. The van der Waals surface area contributed by atoms with Gasteiger partial charge in [-0.05, 0) is 42.2 Å². The van der Waals surface area contributed by atoms with Gasteiger partial charge < -0.3 is 10.6 Å². The van der Waals surface area contributed by atoms with Gasteiger partial charge >= 0.3 is 0 Å². The Morgan fingerprint density at radius 1 is 1.03 bits per heavy atom. The number of hydrogen-bond donors (Lipinski definition) is 2. The first-order valence-electron chi connectivity index (χ1n) is 10.6. The van der Waals surface area contributed by atoms with E-state index >= 15 is 0 Å². The summed E-state index contributed by atoms with van der Waals surface area (Å²) < 4.78 is 0. The fourth-order valence-electron chi connectivity index (χ4n) is 3.90. The zero-order valence-corrected chi connectivity index (χ0v) is 18.3. The SMILES string of the molecule is O=C(NCc1cnccn1)c1cccc([C@@H]2C[C@H]2C(=O)Nc2ccc3cncc(Cl)c3c2)c1. The minimum atomic E-state index is -0.188. The Balaban J connectivity index is 1.22. The number of amides is 2. The van der Waals surface area contributed by atoms with Crippen molar-refractivity contribution in [2.75, 3.05) is 5.32 Å². The normalized spacial score (nSPS) is 16.9. The lowest BCUT2D eigenvalue weighted by Crippen LogP contribution is -2.23. The molecule has 0 aliphatic heterocycles. The van der Waals surface area contributed by atoms with Gasteiger partial charge in [0.15, 0.2) is 0 Å². The highest BCUT2D eigenvalue weighted by Gasteiger charge is 2.44. The lowest BCUT2D eigenvalue weighted by Gasteiger charge is -2.08. The van der Waals surface area contributed by atoms with Gasteiger partial charge in [0.2, 0.25) is 5.91 Å². The molecular weight excluding hydrogens is 438 g/mol. The highest BCUT2D eigenvalue weighted by Crippen LogP contribution is 2.48. The molecule has 164 valence electrons. The maximum Gasteiger partial charge on any atom is 0.251 e. The predicted molar refractivity (Wildman–Crippen MR) is 126 cm³/mol. The fourth-order valence-corrected chi connectivity index (χ4v) is 4.12. The van der Waals surface area contributed by atoms with Crippen molar-refractivity contribution in [2.24, 2.45) is 5.92 Å². The summed E-state index contributed by atoms with van der Waals surface area (Å²) in [5, 5.41) is 8.14. The molecule has 0 saturated heterocycles. The van der Waals surface area contributed by atoms with Crippen LogP contribution in [-0.4, -0.2) is 26.8 Å². The van der Waals surface area contributed by atoms with Crippen LogP contribution in [0.25, 0.3) is 10.8 Å². The number of nitrogens with zero attached hydrogens (tertiary/aromatic N) is 3. The van der Waals surface area contributed by atoms with Crippen molar-refractivity contribution in [3.63, 3.8) is 0 Å². The molecule has 2 aromatic carbocycles. The van der Waals surface area contributed by atoms with Crippen molar-refractivity contribution in [3.05, 3.63) is 95.3 Å². The van der Waals surface area contributed by atoms with Crippen molar-refractivity contribution in [1.29, 1.82) is 0 Å². The first kappa shape index (κ1) is 21.0. The smallest absolute Gasteiger partial charge is 0.251 e. The van der Waals surface area contributed by atoms with Gasteiger partial charge in [-0.1, -0.05) is 29.8 Å². The average molecular weight is 458 g/mol. The summed E-state index contributed by atoms with van der Waals surface area (Å²) in [5.41, 5.74) is 2.92. The van der Waals surface area contributed by atoms with E-state index in [1.54, 1.807) is 37.1 Å². The van der Waals surface area contributed by atoms with Gasteiger partial charge in [0, 0.05) is 52.7 Å². The number of carbonyl (C=O) groups excluding carboxylic acids is 2. The van der Waals surface area contributed by atoms with Crippen LogP contribution in [0.3, 0.4) is 0 Å². The minimum Gasteiger partial charge on any atom is -0.346 e. The van der Waals surface area contributed by atoms with E-state index in [0.29, 0.717) is 28.5 Å². The summed E-state index contributed by atoms with van der Waals surface area (Å²) in [7, 11) is 0. The Morgan fingerprint density at radius 3 is 2.79 bits per heavy atom. The molecule has 1 aliphatic rings. The van der Waals surface area contributed by atoms with Crippen molar-refractivity contribution in [1.82, 2.24) is 20.3 Å². The number of hydrogen-bond acceptors (Lipinski definition) is 5. The van der Waals surface area contributed by atoms with Crippen LogP contribution in [0.1, 0.15) is 34.0 Å². The summed E-state index contributed by atoms with van der Waals surface area (Å²) in [6, 6.07) is 13.0. The number of nitrogens with one attached hydrogen (secondary N) is 2. The van der Waals surface area contributed by atoms with Crippen molar-refractivity contribution in [2.45, 2.75) is 18.9 Å². The first-order valence-corrected chi connectivity index (χ1v) is 10.9. The van der Waals surface area contributed by atoms with Crippen LogP contribution in [0.15, 0.2) is 73.4 Å². The van der Waals surface area contributed by atoms with E-state index in [0.717, 1.165) is 22.8 Å².